The van der Waals surface area contributed by atoms with Gasteiger partial charge in [0, 0.05) is 24.4 Å². The van der Waals surface area contributed by atoms with Crippen LogP contribution in [0.4, 0.5) is 11.6 Å². The Morgan fingerprint density at radius 2 is 1.89 bits per heavy atom. The molecule has 0 fully saturated rings. The highest BCUT2D eigenvalue weighted by molar-refractivity contribution is 5.94. The molecule has 0 atom stereocenters. The van der Waals surface area contributed by atoms with Crippen molar-refractivity contribution in [3.05, 3.63) is 59.5 Å². The molecule has 0 aliphatic carbocycles. The summed E-state index contributed by atoms with van der Waals surface area (Å²) in [7, 11) is 3.15. The number of methoxy groups -OCH3 is 2. The third-order valence-corrected chi connectivity index (χ3v) is 3.81. The maximum atomic E-state index is 12.4. The van der Waals surface area contributed by atoms with E-state index in [0.29, 0.717) is 41.0 Å². The lowest BCUT2D eigenvalue weighted by Crippen LogP contribution is -2.23. The Morgan fingerprint density at radius 1 is 1.07 bits per heavy atom. The number of benzene rings is 1. The number of aromatic nitrogens is 2. The molecular weight excluding hydrogens is 348 g/mol. The second-order valence-corrected chi connectivity index (χ2v) is 5.75. The molecule has 3 aromatic rings. The molecule has 8 heteroatoms. The van der Waals surface area contributed by atoms with Gasteiger partial charge in [0.05, 0.1) is 14.2 Å². The van der Waals surface area contributed by atoms with Crippen LogP contribution >= 0.6 is 0 Å². The summed E-state index contributed by atoms with van der Waals surface area (Å²) >= 11 is 0. The molecule has 0 unspecified atom stereocenters. The summed E-state index contributed by atoms with van der Waals surface area (Å²) in [5, 5.41) is 9.71. The van der Waals surface area contributed by atoms with Gasteiger partial charge >= 0.3 is 0 Å². The molecule has 1 amide bonds. The van der Waals surface area contributed by atoms with Crippen LogP contribution in [0.15, 0.2) is 47.1 Å². The number of anilines is 2. The van der Waals surface area contributed by atoms with Gasteiger partial charge in [0.1, 0.15) is 11.6 Å². The van der Waals surface area contributed by atoms with Crippen molar-refractivity contribution < 1.29 is 18.8 Å². The highest BCUT2D eigenvalue weighted by Crippen LogP contribution is 2.27. The molecule has 0 bridgehead atoms. The number of hydrogen-bond acceptors (Lipinski definition) is 7. The molecule has 27 heavy (non-hydrogen) atoms. The third kappa shape index (κ3) is 4.55. The Morgan fingerprint density at radius 3 is 2.59 bits per heavy atom. The van der Waals surface area contributed by atoms with Crippen LogP contribution in [-0.4, -0.2) is 30.3 Å². The van der Waals surface area contributed by atoms with E-state index in [1.165, 1.54) is 0 Å². The van der Waals surface area contributed by atoms with Gasteiger partial charge in [0.25, 0.3) is 5.91 Å². The summed E-state index contributed by atoms with van der Waals surface area (Å²) < 4.78 is 15.5. The average Bonchev–Trinajstić information content (AvgIpc) is 3.10. The van der Waals surface area contributed by atoms with Gasteiger partial charge in [0.15, 0.2) is 17.3 Å². The predicted molar refractivity (Wildman–Crippen MR) is 99.5 cm³/mol. The molecule has 1 aromatic carbocycles. The summed E-state index contributed by atoms with van der Waals surface area (Å²) in [5.41, 5.74) is 1.37. The topological polar surface area (TPSA) is 98.5 Å². The lowest BCUT2D eigenvalue weighted by Gasteiger charge is -2.10. The number of ether oxygens (including phenoxy) is 2. The maximum Gasteiger partial charge on any atom is 0.251 e. The molecule has 3 rings (SSSR count). The Balaban J connectivity index is 1.65. The Labute approximate surface area is 156 Å². The summed E-state index contributed by atoms with van der Waals surface area (Å²) in [4.78, 5) is 16.6. The van der Waals surface area contributed by atoms with Gasteiger partial charge in [-0.1, -0.05) is 11.2 Å². The van der Waals surface area contributed by atoms with Crippen LogP contribution in [0.1, 0.15) is 21.7 Å². The average molecular weight is 368 g/mol. The van der Waals surface area contributed by atoms with Crippen molar-refractivity contribution >= 4 is 17.5 Å². The lowest BCUT2D eigenvalue weighted by atomic mass is 10.2. The molecule has 0 radical (unpaired) electrons. The smallest absolute Gasteiger partial charge is 0.251 e. The first-order valence-electron chi connectivity index (χ1n) is 8.24. The number of aryl methyl sites for hydroxylation is 1. The highest BCUT2D eigenvalue weighted by atomic mass is 16.5. The van der Waals surface area contributed by atoms with E-state index in [1.807, 2.05) is 12.1 Å². The molecular formula is C19H20N4O4. The van der Waals surface area contributed by atoms with Crippen molar-refractivity contribution in [1.29, 1.82) is 0 Å². The number of nitrogens with one attached hydrogen (secondary N) is 2. The second kappa shape index (κ2) is 8.22. The first-order valence-corrected chi connectivity index (χ1v) is 8.24. The Kier molecular flexibility index (Phi) is 5.55. The van der Waals surface area contributed by atoms with Crippen LogP contribution in [0.25, 0.3) is 0 Å². The Hall–Kier alpha value is -3.55. The standard InChI is InChI=1S/C19H20N4O4/c1-12-8-18(23-27-12)22-17-10-14(6-7-20-17)19(24)21-11-13-4-5-15(25-2)16(9-13)26-3/h4-10H,11H2,1-3H3,(H,21,24)(H,20,22,23). The zero-order valence-corrected chi connectivity index (χ0v) is 15.3. The normalized spacial score (nSPS) is 10.3. The quantitative estimate of drug-likeness (QED) is 0.661. The fourth-order valence-electron chi connectivity index (χ4n) is 2.47. The van der Waals surface area contributed by atoms with E-state index in [-0.39, 0.29) is 5.91 Å². The molecule has 0 aliphatic heterocycles. The second-order valence-electron chi connectivity index (χ2n) is 5.75. The summed E-state index contributed by atoms with van der Waals surface area (Å²) in [5.74, 6) is 2.75. The maximum absolute atomic E-state index is 12.4. The molecule has 0 saturated heterocycles. The number of carbonyl (C=O) groups excluding carboxylic acids is 1. The minimum Gasteiger partial charge on any atom is -0.493 e. The monoisotopic (exact) mass is 368 g/mol. The van der Waals surface area contributed by atoms with Crippen molar-refractivity contribution in [1.82, 2.24) is 15.5 Å². The van der Waals surface area contributed by atoms with Crippen molar-refractivity contribution in [2.75, 3.05) is 19.5 Å². The van der Waals surface area contributed by atoms with E-state index in [2.05, 4.69) is 20.8 Å². The van der Waals surface area contributed by atoms with Crippen LogP contribution in [0.2, 0.25) is 0 Å². The number of amides is 1. The predicted octanol–water partition coefficient (Wildman–Crippen LogP) is 3.07. The minimum atomic E-state index is -0.216. The summed E-state index contributed by atoms with van der Waals surface area (Å²) in [6.45, 7) is 2.15. The van der Waals surface area contributed by atoms with Gasteiger partial charge in [-0.05, 0) is 36.8 Å². The van der Waals surface area contributed by atoms with Crippen molar-refractivity contribution in [2.24, 2.45) is 0 Å². The van der Waals surface area contributed by atoms with Crippen LogP contribution < -0.4 is 20.1 Å². The van der Waals surface area contributed by atoms with Gasteiger partial charge in [0.2, 0.25) is 0 Å². The molecule has 0 saturated carbocycles. The molecule has 2 aromatic heterocycles. The largest absolute Gasteiger partial charge is 0.493 e. The van der Waals surface area contributed by atoms with Crippen molar-refractivity contribution in [2.45, 2.75) is 13.5 Å². The first kappa shape index (κ1) is 18.2. The third-order valence-electron chi connectivity index (χ3n) is 3.81. The molecule has 2 N–H and O–H groups in total. The number of rotatable bonds is 7. The fourth-order valence-corrected chi connectivity index (χ4v) is 2.47. The minimum absolute atomic E-state index is 0.216. The van der Waals surface area contributed by atoms with Gasteiger partial charge in [-0.15, -0.1) is 0 Å². The van der Waals surface area contributed by atoms with Crippen LogP contribution in [0.5, 0.6) is 11.5 Å². The molecule has 0 aliphatic rings. The fraction of sp³-hybridized carbons (Fsp3) is 0.211. The van der Waals surface area contributed by atoms with Gasteiger partial charge in [-0.25, -0.2) is 4.98 Å². The molecule has 140 valence electrons. The van der Waals surface area contributed by atoms with Gasteiger partial charge < -0.3 is 24.6 Å². The zero-order chi connectivity index (χ0) is 19.2. The number of carbonyl (C=O) groups is 1. The summed E-state index contributed by atoms with van der Waals surface area (Å²) in [6, 6.07) is 10.5. The number of pyridine rings is 1. The number of hydrogen-bond donors (Lipinski definition) is 2. The number of nitrogens with zero attached hydrogens (tertiary/aromatic N) is 2. The van der Waals surface area contributed by atoms with Crippen molar-refractivity contribution in [3.8, 4) is 11.5 Å². The molecule has 0 spiro atoms. The van der Waals surface area contributed by atoms with Crippen molar-refractivity contribution in [3.63, 3.8) is 0 Å². The van der Waals surface area contributed by atoms with E-state index in [4.69, 9.17) is 14.0 Å². The summed E-state index contributed by atoms with van der Waals surface area (Å²) in [6.07, 6.45) is 1.56. The highest BCUT2D eigenvalue weighted by Gasteiger charge is 2.10. The molecule has 8 nitrogen and oxygen atoms in total. The Bertz CT molecular complexity index is 939. The van der Waals surface area contributed by atoms with Crippen LogP contribution in [0.3, 0.4) is 0 Å². The first-order chi connectivity index (χ1) is 13.1. The van der Waals surface area contributed by atoms with E-state index in [9.17, 15) is 4.79 Å². The SMILES string of the molecule is COc1ccc(CNC(=O)c2ccnc(Nc3cc(C)on3)c2)cc1OC. The van der Waals surface area contributed by atoms with E-state index in [0.717, 1.165) is 5.56 Å². The van der Waals surface area contributed by atoms with E-state index < -0.39 is 0 Å². The van der Waals surface area contributed by atoms with E-state index in [1.54, 1.807) is 51.6 Å². The van der Waals surface area contributed by atoms with Crippen LogP contribution in [0, 0.1) is 6.92 Å². The lowest BCUT2D eigenvalue weighted by molar-refractivity contribution is 0.0951. The zero-order valence-electron chi connectivity index (χ0n) is 15.3. The van der Waals surface area contributed by atoms with Gasteiger partial charge in [-0.2, -0.15) is 0 Å². The van der Waals surface area contributed by atoms with E-state index >= 15 is 0 Å². The van der Waals surface area contributed by atoms with Crippen LogP contribution in [-0.2, 0) is 6.54 Å². The molecule has 2 heterocycles. The van der Waals surface area contributed by atoms with Gasteiger partial charge in [-0.3, -0.25) is 4.79 Å².